The van der Waals surface area contributed by atoms with Crippen molar-refractivity contribution in [1.82, 2.24) is 0 Å². The van der Waals surface area contributed by atoms with Crippen molar-refractivity contribution in [1.29, 1.82) is 0 Å². The van der Waals surface area contributed by atoms with Gasteiger partial charge < -0.3 is 0 Å². The zero-order valence-corrected chi connectivity index (χ0v) is 20.4. The van der Waals surface area contributed by atoms with Crippen LogP contribution in [0.25, 0.3) is 0 Å². The van der Waals surface area contributed by atoms with Crippen molar-refractivity contribution in [2.24, 2.45) is 11.3 Å². The van der Waals surface area contributed by atoms with Crippen LogP contribution in [0.5, 0.6) is 0 Å². The Balaban J connectivity index is 3.00. The summed E-state index contributed by atoms with van der Waals surface area (Å²) in [5.74, 6) is 0.475. The second-order valence-electron chi connectivity index (χ2n) is 10.0. The van der Waals surface area contributed by atoms with Crippen molar-refractivity contribution in [2.75, 3.05) is 0 Å². The Labute approximate surface area is 174 Å². The maximum atomic E-state index is 13.4. The van der Waals surface area contributed by atoms with Crippen LogP contribution in [0.4, 0.5) is 0 Å². The molecule has 3 atom stereocenters. The van der Waals surface area contributed by atoms with E-state index in [0.717, 1.165) is 42.4 Å². The van der Waals surface area contributed by atoms with Crippen molar-refractivity contribution in [3.8, 4) is 0 Å². The van der Waals surface area contributed by atoms with E-state index in [-0.39, 0.29) is 16.6 Å². The first-order valence-electron chi connectivity index (χ1n) is 11.0. The van der Waals surface area contributed by atoms with Crippen molar-refractivity contribution in [3.05, 3.63) is 34.4 Å². The van der Waals surface area contributed by atoms with E-state index in [0.29, 0.717) is 11.5 Å². The van der Waals surface area contributed by atoms with E-state index in [9.17, 15) is 9.36 Å². The first-order chi connectivity index (χ1) is 13.0. The van der Waals surface area contributed by atoms with Crippen LogP contribution in [0.2, 0.25) is 0 Å². The molecule has 158 valence electrons. The number of carbonyl (C=O) groups is 1. The summed E-state index contributed by atoms with van der Waals surface area (Å²) in [6, 6.07) is 4.06. The van der Waals surface area contributed by atoms with Crippen molar-refractivity contribution in [2.45, 2.75) is 106 Å². The Bertz CT molecular complexity index is 647. The van der Waals surface area contributed by atoms with Crippen LogP contribution in [0.3, 0.4) is 0 Å². The summed E-state index contributed by atoms with van der Waals surface area (Å²) in [6.45, 7) is 17.2. The highest BCUT2D eigenvalue weighted by Crippen LogP contribution is 2.42. The maximum Gasteiger partial charge on any atom is 0.423 e. The molecule has 0 aromatic heterocycles. The van der Waals surface area contributed by atoms with E-state index in [2.05, 4.69) is 34.6 Å². The van der Waals surface area contributed by atoms with Crippen molar-refractivity contribution < 1.29 is 9.36 Å². The third kappa shape index (κ3) is 8.16. The molecule has 0 saturated heterocycles. The van der Waals surface area contributed by atoms with Crippen molar-refractivity contribution in [3.63, 3.8) is 0 Å². The van der Waals surface area contributed by atoms with E-state index in [4.69, 9.17) is 0 Å². The SMILES string of the molecule is CCCCCCC(CC(C)CC(C)(C)C)[P+](=O)C(=O)c1c(C)cc(C)cc1C. The fourth-order valence-corrected chi connectivity index (χ4v) is 6.40. The Morgan fingerprint density at radius 3 is 2.11 bits per heavy atom. The van der Waals surface area contributed by atoms with E-state index >= 15 is 0 Å². The summed E-state index contributed by atoms with van der Waals surface area (Å²) >= 11 is 0. The molecule has 0 radical (unpaired) electrons. The predicted molar refractivity (Wildman–Crippen MR) is 123 cm³/mol. The second-order valence-corrected chi connectivity index (χ2v) is 11.8. The highest BCUT2D eigenvalue weighted by Gasteiger charge is 2.41. The summed E-state index contributed by atoms with van der Waals surface area (Å²) in [5, 5.41) is 0. The van der Waals surface area contributed by atoms with Gasteiger partial charge in [0.25, 0.3) is 0 Å². The Morgan fingerprint density at radius 2 is 1.61 bits per heavy atom. The molecule has 2 nitrogen and oxygen atoms in total. The van der Waals surface area contributed by atoms with E-state index in [1.165, 1.54) is 19.3 Å². The predicted octanol–water partition coefficient (Wildman–Crippen LogP) is 8.38. The molecule has 0 N–H and O–H groups in total. The minimum atomic E-state index is -1.91. The molecule has 0 spiro atoms. The van der Waals surface area contributed by atoms with Gasteiger partial charge in [-0.15, -0.1) is 0 Å². The average molecular weight is 406 g/mol. The number of carbonyl (C=O) groups excluding carboxylic acids is 1. The summed E-state index contributed by atoms with van der Waals surface area (Å²) in [6.07, 6.45) is 7.52. The average Bonchev–Trinajstić information content (AvgIpc) is 2.54. The molecule has 3 heteroatoms. The van der Waals surface area contributed by atoms with Crippen molar-refractivity contribution >= 4 is 13.3 Å². The van der Waals surface area contributed by atoms with Crippen LogP contribution in [-0.4, -0.2) is 11.2 Å². The molecule has 0 amide bonds. The molecule has 1 aromatic carbocycles. The number of hydrogen-bond donors (Lipinski definition) is 0. The fourth-order valence-electron chi connectivity index (χ4n) is 4.52. The van der Waals surface area contributed by atoms with Gasteiger partial charge in [-0.05, 0) is 68.9 Å². The maximum absolute atomic E-state index is 13.4. The summed E-state index contributed by atoms with van der Waals surface area (Å²) < 4.78 is 13.4. The van der Waals surface area contributed by atoms with E-state index in [1.54, 1.807) is 0 Å². The van der Waals surface area contributed by atoms with Gasteiger partial charge in [0.2, 0.25) is 0 Å². The van der Waals surface area contributed by atoms with Crippen LogP contribution >= 0.6 is 7.80 Å². The smallest absolute Gasteiger partial charge is 0.234 e. The minimum absolute atomic E-state index is 0.00295. The Kier molecular flexibility index (Phi) is 10.1. The lowest BCUT2D eigenvalue weighted by atomic mass is 9.83. The van der Waals surface area contributed by atoms with E-state index in [1.807, 2.05) is 32.9 Å². The summed E-state index contributed by atoms with van der Waals surface area (Å²) in [7, 11) is -1.91. The first-order valence-corrected chi connectivity index (χ1v) is 12.4. The number of rotatable bonds is 11. The third-order valence-corrected chi connectivity index (χ3v) is 7.21. The zero-order valence-electron chi connectivity index (χ0n) is 19.5. The standard InChI is InChI=1S/C25H42O2P/c1-9-10-11-12-13-22(16-19(3)17-25(6,7)8)28(27)24(26)23-20(4)14-18(2)15-21(23)5/h14-15,19,22H,9-13,16-17H2,1-8H3/q+1. The van der Waals surface area contributed by atoms with Gasteiger partial charge in [0.1, 0.15) is 0 Å². The molecule has 3 unspecified atom stereocenters. The van der Waals surface area contributed by atoms with Crippen LogP contribution in [-0.2, 0) is 4.57 Å². The summed E-state index contributed by atoms with van der Waals surface area (Å²) in [5.41, 5.74) is 3.87. The van der Waals surface area contributed by atoms with Crippen LogP contribution < -0.4 is 0 Å². The van der Waals surface area contributed by atoms with Gasteiger partial charge in [0.15, 0.2) is 5.66 Å². The normalized spacial score (nSPS) is 14.6. The Hall–Kier alpha value is -1.01. The van der Waals surface area contributed by atoms with Crippen LogP contribution in [0.15, 0.2) is 12.1 Å². The highest BCUT2D eigenvalue weighted by atomic mass is 31.1. The molecule has 0 saturated carbocycles. The summed E-state index contributed by atoms with van der Waals surface area (Å²) in [4.78, 5) is 13.2. The second kappa shape index (κ2) is 11.2. The lowest BCUT2D eigenvalue weighted by molar-refractivity contribution is 0.107. The van der Waals surface area contributed by atoms with Crippen LogP contribution in [0.1, 0.15) is 107 Å². The number of unbranched alkanes of at least 4 members (excludes halogenated alkanes) is 3. The topological polar surface area (TPSA) is 34.1 Å². The molecule has 1 rings (SSSR count). The quantitative estimate of drug-likeness (QED) is 0.274. The number of hydrogen-bond acceptors (Lipinski definition) is 2. The zero-order chi connectivity index (χ0) is 21.5. The van der Waals surface area contributed by atoms with E-state index < -0.39 is 7.80 Å². The largest absolute Gasteiger partial charge is 0.423 e. The minimum Gasteiger partial charge on any atom is -0.234 e. The molecule has 0 aliphatic heterocycles. The highest BCUT2D eigenvalue weighted by molar-refractivity contribution is 7.65. The van der Waals surface area contributed by atoms with Gasteiger partial charge in [-0.25, -0.2) is 4.79 Å². The lowest BCUT2D eigenvalue weighted by Crippen LogP contribution is -2.17. The molecular weight excluding hydrogens is 363 g/mol. The van der Waals surface area contributed by atoms with Gasteiger partial charge >= 0.3 is 13.3 Å². The molecular formula is C25H42O2P+. The molecule has 0 fully saturated rings. The molecule has 0 heterocycles. The molecule has 1 aromatic rings. The van der Waals surface area contributed by atoms with Gasteiger partial charge in [-0.2, -0.15) is 0 Å². The molecule has 0 bridgehead atoms. The molecule has 28 heavy (non-hydrogen) atoms. The molecule has 0 aliphatic carbocycles. The van der Waals surface area contributed by atoms with Gasteiger partial charge in [0.05, 0.1) is 5.56 Å². The van der Waals surface area contributed by atoms with Gasteiger partial charge in [0, 0.05) is 0 Å². The monoisotopic (exact) mass is 405 g/mol. The van der Waals surface area contributed by atoms with Gasteiger partial charge in [-0.1, -0.05) is 76.1 Å². The number of aryl methyl sites for hydroxylation is 3. The van der Waals surface area contributed by atoms with Crippen LogP contribution in [0, 0.1) is 32.1 Å². The fraction of sp³-hybridized carbons (Fsp3) is 0.720. The number of benzene rings is 1. The Morgan fingerprint density at radius 1 is 1.04 bits per heavy atom. The van der Waals surface area contributed by atoms with Gasteiger partial charge in [-0.3, -0.25) is 0 Å². The third-order valence-electron chi connectivity index (χ3n) is 5.45. The lowest BCUT2D eigenvalue weighted by Gasteiger charge is -2.24. The first kappa shape index (κ1) is 25.0. The molecule has 0 aliphatic rings.